The molecule has 4 fully saturated rings. The van der Waals surface area contributed by atoms with Gasteiger partial charge in [-0.3, -0.25) is 0 Å². The van der Waals surface area contributed by atoms with Crippen LogP contribution in [0.15, 0.2) is 0 Å². The highest BCUT2D eigenvalue weighted by Gasteiger charge is 2.55. The van der Waals surface area contributed by atoms with Gasteiger partial charge in [0, 0.05) is 4.83 Å². The SMILES string of the molecule is CC(C)(O)[C@H]1CC[C@](C)([C@@H](O)CC[C@](C)(O)C2CC[C@@H]3O[C@H]([C@]4(C)CC[C@@H](Br)C(C)(C)O4)CC[C@]3(C)O2)O1. The number of alkyl halides is 1. The van der Waals surface area contributed by atoms with Crippen LogP contribution in [0.1, 0.15) is 120 Å². The molecule has 0 aromatic rings. The van der Waals surface area contributed by atoms with Crippen LogP contribution in [0.2, 0.25) is 0 Å². The zero-order valence-electron chi connectivity index (χ0n) is 24.9. The molecule has 10 atom stereocenters. The molecular formula is C30H53BrO7. The highest BCUT2D eigenvalue weighted by molar-refractivity contribution is 9.09. The Labute approximate surface area is 238 Å². The minimum atomic E-state index is -1.08. The summed E-state index contributed by atoms with van der Waals surface area (Å²) in [7, 11) is 0. The minimum Gasteiger partial charge on any atom is -0.390 e. The van der Waals surface area contributed by atoms with E-state index in [4.69, 9.17) is 18.9 Å². The predicted octanol–water partition coefficient (Wildman–Crippen LogP) is 5.18. The van der Waals surface area contributed by atoms with Crippen LogP contribution >= 0.6 is 15.9 Å². The van der Waals surface area contributed by atoms with E-state index in [2.05, 4.69) is 43.6 Å². The molecule has 3 N–H and O–H groups in total. The third-order valence-corrected chi connectivity index (χ3v) is 11.8. The molecule has 4 aliphatic heterocycles. The van der Waals surface area contributed by atoms with Gasteiger partial charge in [0.15, 0.2) is 0 Å². The average molecular weight is 606 g/mol. The van der Waals surface area contributed by atoms with Gasteiger partial charge in [0.1, 0.15) is 0 Å². The molecule has 7 nitrogen and oxygen atoms in total. The highest BCUT2D eigenvalue weighted by Crippen LogP contribution is 2.49. The smallest absolute Gasteiger partial charge is 0.0923 e. The van der Waals surface area contributed by atoms with E-state index in [1.807, 2.05) is 13.8 Å². The summed E-state index contributed by atoms with van der Waals surface area (Å²) in [6.45, 7) is 15.8. The summed E-state index contributed by atoms with van der Waals surface area (Å²) >= 11 is 3.79. The van der Waals surface area contributed by atoms with Crippen molar-refractivity contribution in [2.75, 3.05) is 0 Å². The van der Waals surface area contributed by atoms with Crippen molar-refractivity contribution in [2.45, 2.75) is 189 Å². The first kappa shape index (κ1) is 31.1. The first-order valence-corrected chi connectivity index (χ1v) is 15.7. The number of rotatable bonds is 7. The first-order valence-electron chi connectivity index (χ1n) is 14.8. The molecule has 0 aromatic carbocycles. The lowest BCUT2D eigenvalue weighted by Crippen LogP contribution is -2.63. The molecule has 0 spiro atoms. The molecular weight excluding hydrogens is 552 g/mol. The Kier molecular flexibility index (Phi) is 8.59. The fraction of sp³-hybridized carbons (Fsp3) is 1.00. The second-order valence-corrected chi connectivity index (χ2v) is 15.8. The minimum absolute atomic E-state index is 0.0236. The molecule has 4 rings (SSSR count). The number of halogens is 1. The van der Waals surface area contributed by atoms with Gasteiger partial charge in [-0.1, -0.05) is 15.9 Å². The predicted molar refractivity (Wildman–Crippen MR) is 151 cm³/mol. The lowest BCUT2D eigenvalue weighted by molar-refractivity contribution is -0.301. The van der Waals surface area contributed by atoms with Crippen LogP contribution in [0, 0.1) is 0 Å². The summed E-state index contributed by atoms with van der Waals surface area (Å²) in [5.41, 5.74) is -3.78. The Morgan fingerprint density at radius 3 is 2.05 bits per heavy atom. The standard InChI is InChI=1S/C30H53BrO7/c1-25(2,33)21-13-17-28(6,36-21)20(32)12-15-27(5,34)22-9-10-23-29(7,37-22)18-14-24(35-23)30(8)16-11-19(31)26(3,4)38-30/h19-24,32-34H,9-18H2,1-8H3/t19-,20+,21-,22?,23+,24+,27+,28-,29+,30+/m1/s1. The average Bonchev–Trinajstić information content (AvgIpc) is 3.23. The van der Waals surface area contributed by atoms with Gasteiger partial charge in [-0.2, -0.15) is 0 Å². The molecule has 4 heterocycles. The van der Waals surface area contributed by atoms with E-state index < -0.39 is 28.5 Å². The molecule has 0 bridgehead atoms. The summed E-state index contributed by atoms with van der Waals surface area (Å²) in [5, 5.41) is 32.9. The molecule has 0 saturated carbocycles. The van der Waals surface area contributed by atoms with Crippen LogP contribution in [0.5, 0.6) is 0 Å². The fourth-order valence-electron chi connectivity index (χ4n) is 7.27. The molecule has 0 aliphatic carbocycles. The third-order valence-electron chi connectivity index (χ3n) is 10.3. The molecule has 38 heavy (non-hydrogen) atoms. The van der Waals surface area contributed by atoms with Crippen molar-refractivity contribution in [2.24, 2.45) is 0 Å². The summed E-state index contributed by atoms with van der Waals surface area (Å²) in [4.78, 5) is 0.335. The van der Waals surface area contributed by atoms with Gasteiger partial charge in [-0.15, -0.1) is 0 Å². The maximum atomic E-state index is 11.5. The number of fused-ring (bicyclic) bond motifs is 1. The van der Waals surface area contributed by atoms with Crippen LogP contribution in [-0.4, -0.2) is 84.3 Å². The zero-order valence-corrected chi connectivity index (χ0v) is 26.5. The van der Waals surface area contributed by atoms with Crippen LogP contribution in [-0.2, 0) is 18.9 Å². The number of hydrogen-bond acceptors (Lipinski definition) is 7. The topological polar surface area (TPSA) is 97.6 Å². The van der Waals surface area contributed by atoms with Crippen molar-refractivity contribution in [3.05, 3.63) is 0 Å². The number of ether oxygens (including phenoxy) is 4. The van der Waals surface area contributed by atoms with Crippen molar-refractivity contribution in [1.82, 2.24) is 0 Å². The second kappa shape index (κ2) is 10.5. The number of aliphatic hydroxyl groups excluding tert-OH is 1. The van der Waals surface area contributed by atoms with Crippen molar-refractivity contribution >= 4 is 15.9 Å². The van der Waals surface area contributed by atoms with Crippen molar-refractivity contribution in [3.63, 3.8) is 0 Å². The number of hydrogen-bond donors (Lipinski definition) is 3. The van der Waals surface area contributed by atoms with E-state index in [1.165, 1.54) is 0 Å². The van der Waals surface area contributed by atoms with E-state index in [9.17, 15) is 15.3 Å². The molecule has 4 aliphatic rings. The quantitative estimate of drug-likeness (QED) is 0.344. The molecule has 0 aromatic heterocycles. The van der Waals surface area contributed by atoms with E-state index in [1.54, 1.807) is 13.8 Å². The van der Waals surface area contributed by atoms with Crippen molar-refractivity contribution in [3.8, 4) is 0 Å². The zero-order chi connectivity index (χ0) is 28.4. The molecule has 1 unspecified atom stereocenters. The van der Waals surface area contributed by atoms with E-state index >= 15 is 0 Å². The van der Waals surface area contributed by atoms with Crippen molar-refractivity contribution in [1.29, 1.82) is 0 Å². The fourth-order valence-corrected chi connectivity index (χ4v) is 7.60. The van der Waals surface area contributed by atoms with Crippen molar-refractivity contribution < 1.29 is 34.3 Å². The van der Waals surface area contributed by atoms with Crippen LogP contribution in [0.25, 0.3) is 0 Å². The van der Waals surface area contributed by atoms with Gasteiger partial charge < -0.3 is 34.3 Å². The van der Waals surface area contributed by atoms with Gasteiger partial charge in [0.05, 0.1) is 64.1 Å². The monoisotopic (exact) mass is 604 g/mol. The largest absolute Gasteiger partial charge is 0.390 e. The van der Waals surface area contributed by atoms with E-state index in [-0.39, 0.29) is 35.6 Å². The summed E-state index contributed by atoms with van der Waals surface area (Å²) in [6.07, 6.45) is 6.09. The normalized spacial score (nSPS) is 46.3. The van der Waals surface area contributed by atoms with E-state index in [0.29, 0.717) is 36.9 Å². The highest BCUT2D eigenvalue weighted by atomic mass is 79.9. The molecule has 4 saturated heterocycles. The van der Waals surface area contributed by atoms with E-state index in [0.717, 1.165) is 32.1 Å². The Morgan fingerprint density at radius 1 is 0.816 bits per heavy atom. The maximum Gasteiger partial charge on any atom is 0.0923 e. The number of aliphatic hydroxyl groups is 3. The van der Waals surface area contributed by atoms with Gasteiger partial charge in [0.25, 0.3) is 0 Å². The Morgan fingerprint density at radius 2 is 1.45 bits per heavy atom. The van der Waals surface area contributed by atoms with Gasteiger partial charge in [0.2, 0.25) is 0 Å². The van der Waals surface area contributed by atoms with Crippen LogP contribution < -0.4 is 0 Å². The Bertz CT molecular complexity index is 843. The van der Waals surface area contributed by atoms with Gasteiger partial charge in [-0.05, 0) is 120 Å². The van der Waals surface area contributed by atoms with Crippen LogP contribution in [0.3, 0.4) is 0 Å². The lowest BCUT2D eigenvalue weighted by Gasteiger charge is -2.56. The molecule has 0 amide bonds. The van der Waals surface area contributed by atoms with Gasteiger partial charge >= 0.3 is 0 Å². The summed E-state index contributed by atoms with van der Waals surface area (Å²) < 4.78 is 26.1. The molecule has 8 heteroatoms. The summed E-state index contributed by atoms with van der Waals surface area (Å²) in [5.74, 6) is 0. The second-order valence-electron chi connectivity index (χ2n) is 14.7. The lowest BCUT2D eigenvalue weighted by atomic mass is 9.75. The van der Waals surface area contributed by atoms with Gasteiger partial charge in [-0.25, -0.2) is 0 Å². The maximum absolute atomic E-state index is 11.5. The third kappa shape index (κ3) is 6.18. The van der Waals surface area contributed by atoms with Crippen LogP contribution in [0.4, 0.5) is 0 Å². The Hall–Kier alpha value is 0.200. The molecule has 222 valence electrons. The summed E-state index contributed by atoms with van der Waals surface area (Å²) in [6, 6.07) is 0. The molecule has 0 radical (unpaired) electrons. The first-order chi connectivity index (χ1) is 17.3. The Balaban J connectivity index is 1.33.